The average Bonchev–Trinajstić information content (AvgIpc) is 3.47. The Labute approximate surface area is 220 Å². The maximum absolute atomic E-state index is 13.9. The quantitative estimate of drug-likeness (QED) is 0.335. The first kappa shape index (κ1) is 29.5. The highest BCUT2D eigenvalue weighted by molar-refractivity contribution is 5.82. The number of carbonyl (C=O) groups is 4. The topological polar surface area (TPSA) is 131 Å². The van der Waals surface area contributed by atoms with Crippen molar-refractivity contribution < 1.29 is 60.5 Å². The number of amides is 1. The van der Waals surface area contributed by atoms with Gasteiger partial charge in [-0.15, -0.1) is 0 Å². The normalized spacial score (nSPS) is 21.5. The van der Waals surface area contributed by atoms with Gasteiger partial charge in [0.15, 0.2) is 6.10 Å². The molecule has 0 radical (unpaired) electrons. The maximum Gasteiger partial charge on any atom is 0.471 e. The van der Waals surface area contributed by atoms with Crippen molar-refractivity contribution in [2.24, 2.45) is 0 Å². The van der Waals surface area contributed by atoms with Crippen molar-refractivity contribution in [1.29, 1.82) is 0 Å². The van der Waals surface area contributed by atoms with Gasteiger partial charge in [-0.05, 0) is 29.8 Å². The summed E-state index contributed by atoms with van der Waals surface area (Å²) in [4.78, 5) is 48.8. The third-order valence-corrected chi connectivity index (χ3v) is 5.59. The number of esters is 3. The summed E-state index contributed by atoms with van der Waals surface area (Å²) in [7, 11) is 1.41. The molecule has 2 aromatic rings. The highest BCUT2D eigenvalue weighted by Crippen LogP contribution is 2.41. The SMILES string of the molecule is COc1ccc(CN(C(=O)C(F)(F)F)[C@H](c2ccco2)[C@H]2O[C@H](OC(C)=O)[C@H](OC(C)=O)[C@@H]2OC(C)=O)cc1. The van der Waals surface area contributed by atoms with Crippen molar-refractivity contribution in [3.63, 3.8) is 0 Å². The van der Waals surface area contributed by atoms with Crippen molar-refractivity contribution in [2.45, 2.75) is 64.1 Å². The molecule has 5 atom stereocenters. The van der Waals surface area contributed by atoms with Crippen LogP contribution in [0, 0.1) is 0 Å². The van der Waals surface area contributed by atoms with Gasteiger partial charge in [-0.2, -0.15) is 13.2 Å². The molecule has 1 fully saturated rings. The van der Waals surface area contributed by atoms with Crippen molar-refractivity contribution in [1.82, 2.24) is 4.90 Å². The monoisotopic (exact) mass is 557 g/mol. The largest absolute Gasteiger partial charge is 0.497 e. The number of rotatable bonds is 9. The Hall–Kier alpha value is -4.07. The number of hydrogen-bond donors (Lipinski definition) is 0. The second kappa shape index (κ2) is 12.2. The summed E-state index contributed by atoms with van der Waals surface area (Å²) < 4.78 is 73.6. The molecule has 0 bridgehead atoms. The molecule has 0 spiro atoms. The predicted molar refractivity (Wildman–Crippen MR) is 123 cm³/mol. The Morgan fingerprint density at radius 2 is 1.51 bits per heavy atom. The van der Waals surface area contributed by atoms with E-state index in [2.05, 4.69) is 0 Å². The maximum atomic E-state index is 13.9. The third kappa shape index (κ3) is 7.28. The van der Waals surface area contributed by atoms with Gasteiger partial charge in [-0.25, -0.2) is 0 Å². The average molecular weight is 557 g/mol. The summed E-state index contributed by atoms with van der Waals surface area (Å²) in [6.07, 6.45) is -10.7. The lowest BCUT2D eigenvalue weighted by Gasteiger charge is -2.36. The van der Waals surface area contributed by atoms with Crippen molar-refractivity contribution >= 4 is 23.8 Å². The van der Waals surface area contributed by atoms with Gasteiger partial charge in [0, 0.05) is 27.3 Å². The first-order chi connectivity index (χ1) is 18.3. The highest BCUT2D eigenvalue weighted by atomic mass is 19.4. The van der Waals surface area contributed by atoms with E-state index in [0.717, 1.165) is 27.0 Å². The van der Waals surface area contributed by atoms with Gasteiger partial charge in [0.2, 0.25) is 12.4 Å². The van der Waals surface area contributed by atoms with Crippen molar-refractivity contribution in [3.8, 4) is 5.75 Å². The summed E-state index contributed by atoms with van der Waals surface area (Å²) >= 11 is 0. The van der Waals surface area contributed by atoms with Crippen LogP contribution < -0.4 is 4.74 Å². The van der Waals surface area contributed by atoms with Gasteiger partial charge in [0.1, 0.15) is 23.7 Å². The smallest absolute Gasteiger partial charge is 0.471 e. The zero-order valence-electron chi connectivity index (χ0n) is 21.3. The standard InChI is InChI=1S/C25H26F3NO10/c1-13(30)36-21-20(39-23(38-15(3)32)22(21)37-14(2)31)19(18-6-5-11-35-18)29(24(33)25(26,27)28)12-16-7-9-17(34-4)10-8-16/h5-11,19-23H,12H2,1-4H3/t19-,20-,21-,22-,23+/m1/s1. The molecule has 14 heteroatoms. The number of hydrogen-bond acceptors (Lipinski definition) is 10. The molecule has 11 nitrogen and oxygen atoms in total. The number of nitrogens with zero attached hydrogens (tertiary/aromatic N) is 1. The van der Waals surface area contributed by atoms with Gasteiger partial charge < -0.3 is 33.0 Å². The molecule has 3 rings (SSSR count). The number of halogens is 3. The summed E-state index contributed by atoms with van der Waals surface area (Å²) in [6.45, 7) is 2.46. The fourth-order valence-corrected chi connectivity index (χ4v) is 4.14. The van der Waals surface area contributed by atoms with E-state index in [1.54, 1.807) is 0 Å². The minimum Gasteiger partial charge on any atom is -0.497 e. The number of furan rings is 1. The number of ether oxygens (including phenoxy) is 5. The first-order valence-corrected chi connectivity index (χ1v) is 11.5. The lowest BCUT2D eigenvalue weighted by atomic mass is 9.98. The van der Waals surface area contributed by atoms with Crippen LogP contribution in [0.1, 0.15) is 38.1 Å². The Morgan fingerprint density at radius 1 is 0.923 bits per heavy atom. The number of carbonyl (C=O) groups excluding carboxylic acids is 4. The minimum atomic E-state index is -5.34. The van der Waals surface area contributed by atoms with Gasteiger partial charge in [0.05, 0.1) is 13.4 Å². The van der Waals surface area contributed by atoms with E-state index in [1.807, 2.05) is 0 Å². The van der Waals surface area contributed by atoms with Crippen LogP contribution >= 0.6 is 0 Å². The molecule has 39 heavy (non-hydrogen) atoms. The molecule has 0 aliphatic carbocycles. The molecular formula is C25H26F3NO10. The molecule has 0 saturated carbocycles. The van der Waals surface area contributed by atoms with Crippen LogP contribution in [-0.4, -0.2) is 66.6 Å². The molecular weight excluding hydrogens is 531 g/mol. The zero-order chi connectivity index (χ0) is 28.9. The number of alkyl halides is 3. The lowest BCUT2D eigenvalue weighted by Crippen LogP contribution is -2.50. The predicted octanol–water partition coefficient (Wildman–Crippen LogP) is 3.07. The van der Waals surface area contributed by atoms with Crippen LogP contribution in [-0.2, 0) is 44.7 Å². The van der Waals surface area contributed by atoms with Crippen LogP contribution in [0.4, 0.5) is 13.2 Å². The molecule has 1 aromatic heterocycles. The highest BCUT2D eigenvalue weighted by Gasteiger charge is 2.58. The summed E-state index contributed by atoms with van der Waals surface area (Å²) in [6, 6.07) is 6.87. The first-order valence-electron chi connectivity index (χ1n) is 11.5. The summed E-state index contributed by atoms with van der Waals surface area (Å²) in [5.74, 6) is -4.67. The van der Waals surface area contributed by atoms with E-state index >= 15 is 0 Å². The second-order valence-electron chi connectivity index (χ2n) is 8.47. The van der Waals surface area contributed by atoms with Crippen molar-refractivity contribution in [2.75, 3.05) is 7.11 Å². The van der Waals surface area contributed by atoms with Crippen molar-refractivity contribution in [3.05, 3.63) is 54.0 Å². The minimum absolute atomic E-state index is 0.173. The van der Waals surface area contributed by atoms with E-state index in [9.17, 15) is 32.3 Å². The molecule has 0 unspecified atom stereocenters. The molecule has 2 heterocycles. The van der Waals surface area contributed by atoms with Crippen LogP contribution in [0.25, 0.3) is 0 Å². The molecule has 1 saturated heterocycles. The number of benzene rings is 1. The zero-order valence-corrected chi connectivity index (χ0v) is 21.3. The summed E-state index contributed by atoms with van der Waals surface area (Å²) in [5, 5.41) is 0. The van der Waals surface area contributed by atoms with E-state index in [0.29, 0.717) is 10.6 Å². The summed E-state index contributed by atoms with van der Waals surface area (Å²) in [5.41, 5.74) is 0.278. The lowest BCUT2D eigenvalue weighted by molar-refractivity contribution is -0.204. The van der Waals surface area contributed by atoms with Crippen LogP contribution in [0.3, 0.4) is 0 Å². The molecule has 0 N–H and O–H groups in total. The van der Waals surface area contributed by atoms with Gasteiger partial charge in [0.25, 0.3) is 0 Å². The fraction of sp³-hybridized carbons (Fsp3) is 0.440. The van der Waals surface area contributed by atoms with Crippen LogP contribution in [0.2, 0.25) is 0 Å². The molecule has 212 valence electrons. The Morgan fingerprint density at radius 3 is 2.00 bits per heavy atom. The van der Waals surface area contributed by atoms with Gasteiger partial charge in [-0.1, -0.05) is 12.1 Å². The molecule has 1 amide bonds. The van der Waals surface area contributed by atoms with E-state index in [4.69, 9.17) is 28.1 Å². The molecule has 1 aliphatic heterocycles. The third-order valence-electron chi connectivity index (χ3n) is 5.59. The van der Waals surface area contributed by atoms with Crippen LogP contribution in [0.5, 0.6) is 5.75 Å². The van der Waals surface area contributed by atoms with E-state index in [1.165, 1.54) is 43.5 Å². The van der Waals surface area contributed by atoms with Gasteiger partial charge >= 0.3 is 30.0 Å². The fourth-order valence-electron chi connectivity index (χ4n) is 4.14. The van der Waals surface area contributed by atoms with E-state index in [-0.39, 0.29) is 11.3 Å². The Kier molecular flexibility index (Phi) is 9.22. The van der Waals surface area contributed by atoms with Crippen LogP contribution in [0.15, 0.2) is 47.1 Å². The second-order valence-corrected chi connectivity index (χ2v) is 8.47. The van der Waals surface area contributed by atoms with E-state index < -0.39 is 67.2 Å². The van der Waals surface area contributed by atoms with Gasteiger partial charge in [-0.3, -0.25) is 19.2 Å². The Balaban J connectivity index is 2.16. The molecule has 1 aromatic carbocycles. The molecule has 1 aliphatic rings. The Bertz CT molecular complexity index is 1170. The number of methoxy groups -OCH3 is 1.